The Kier molecular flexibility index (Phi) is 10.7. The molecule has 1 aliphatic carbocycles. The highest BCUT2D eigenvalue weighted by atomic mass is 35.5. The molecule has 5 aromatic rings. The molecular weight excluding hydrogens is 747 g/mol. The zero-order valence-corrected chi connectivity index (χ0v) is 31.9. The van der Waals surface area contributed by atoms with Gasteiger partial charge in [0.05, 0.1) is 27.4 Å². The number of carbonyl (C=O) groups excluding carboxylic acids is 3. The van der Waals surface area contributed by atoms with Crippen LogP contribution in [-0.4, -0.2) is 35.2 Å². The van der Waals surface area contributed by atoms with Gasteiger partial charge in [-0.2, -0.15) is 5.26 Å². The first-order valence-corrected chi connectivity index (χ1v) is 19.5. The Bertz CT molecular complexity index is 2340. The third-order valence-corrected chi connectivity index (χ3v) is 11.5. The Balaban J connectivity index is 0.925. The minimum Gasteiger partial charge on any atom is -0.489 e. The van der Waals surface area contributed by atoms with Crippen LogP contribution in [0.4, 0.5) is 5.69 Å². The number of hydrogen-bond acceptors (Lipinski definition) is 6. The van der Waals surface area contributed by atoms with Gasteiger partial charge in [0.25, 0.3) is 5.91 Å². The van der Waals surface area contributed by atoms with Crippen molar-refractivity contribution < 1.29 is 23.9 Å². The van der Waals surface area contributed by atoms with E-state index in [1.807, 2.05) is 54.6 Å². The van der Waals surface area contributed by atoms with Crippen LogP contribution in [0.3, 0.4) is 0 Å². The number of nitrogens with one attached hydrogen (secondary N) is 2. The van der Waals surface area contributed by atoms with Crippen molar-refractivity contribution in [3.05, 3.63) is 147 Å². The standard InChI is InChI=1S/C45H38Cl2N4O5/c46-37-17-8-29(20-38(37)47)26-55-36-15-13-32(14-16-36)42-44(53)50-39-21-34-22-40(51(45(54)33-2-1-3-33)25-35(34)23-41(39)56-42)43(52)49-19-18-27-4-9-30(10-5-27)31-11-6-28(24-48)7-12-31/h4-17,20-21,23,33,40,42H,1-3,18-19,22,25-26H2,(H,49,52)(H,50,53). The van der Waals surface area contributed by atoms with Crippen molar-refractivity contribution in [2.45, 2.75) is 57.4 Å². The third kappa shape index (κ3) is 7.95. The smallest absolute Gasteiger partial charge is 0.270 e. The van der Waals surface area contributed by atoms with Gasteiger partial charge in [-0.15, -0.1) is 0 Å². The van der Waals surface area contributed by atoms with Crippen LogP contribution in [0.5, 0.6) is 11.5 Å². The summed E-state index contributed by atoms with van der Waals surface area (Å²) in [6, 6.07) is 33.4. The summed E-state index contributed by atoms with van der Waals surface area (Å²) in [6.07, 6.45) is 2.74. The number of amides is 3. The molecule has 2 N–H and O–H groups in total. The fraction of sp³-hybridized carbons (Fsp3) is 0.244. The molecule has 0 spiro atoms. The molecule has 282 valence electrons. The zero-order valence-electron chi connectivity index (χ0n) is 30.4. The Morgan fingerprint density at radius 2 is 1.59 bits per heavy atom. The molecule has 11 heteroatoms. The van der Waals surface area contributed by atoms with Crippen molar-refractivity contribution in [3.63, 3.8) is 0 Å². The number of nitriles is 1. The van der Waals surface area contributed by atoms with Gasteiger partial charge in [-0.05, 0) is 101 Å². The lowest BCUT2D eigenvalue weighted by atomic mass is 9.82. The van der Waals surface area contributed by atoms with Gasteiger partial charge in [0, 0.05) is 31.0 Å². The summed E-state index contributed by atoms with van der Waals surface area (Å²) in [5.41, 5.74) is 7.62. The number of carbonyl (C=O) groups is 3. The number of rotatable bonds is 10. The van der Waals surface area contributed by atoms with E-state index in [4.69, 9.17) is 37.9 Å². The second kappa shape index (κ2) is 16.1. The van der Waals surface area contributed by atoms with E-state index in [1.165, 1.54) is 0 Å². The number of fused-ring (bicyclic) bond motifs is 2. The summed E-state index contributed by atoms with van der Waals surface area (Å²) in [4.78, 5) is 42.6. The molecule has 3 amide bonds. The van der Waals surface area contributed by atoms with E-state index >= 15 is 0 Å². The third-order valence-electron chi connectivity index (χ3n) is 10.8. The van der Waals surface area contributed by atoms with Crippen LogP contribution >= 0.6 is 23.2 Å². The number of ether oxygens (including phenoxy) is 2. The maximum Gasteiger partial charge on any atom is 0.270 e. The Morgan fingerprint density at radius 3 is 2.27 bits per heavy atom. The predicted octanol–water partition coefficient (Wildman–Crippen LogP) is 8.60. The summed E-state index contributed by atoms with van der Waals surface area (Å²) in [6.45, 7) is 0.999. The molecule has 2 heterocycles. The molecule has 9 nitrogen and oxygen atoms in total. The second-order valence-electron chi connectivity index (χ2n) is 14.5. The summed E-state index contributed by atoms with van der Waals surface area (Å²) >= 11 is 12.2. The summed E-state index contributed by atoms with van der Waals surface area (Å²) in [7, 11) is 0. The average molecular weight is 786 g/mol. The summed E-state index contributed by atoms with van der Waals surface area (Å²) in [5.74, 6) is 0.563. The van der Waals surface area contributed by atoms with Gasteiger partial charge < -0.3 is 25.0 Å². The topological polar surface area (TPSA) is 121 Å². The molecule has 5 aromatic carbocycles. The van der Waals surface area contributed by atoms with Crippen LogP contribution in [0, 0.1) is 17.2 Å². The largest absolute Gasteiger partial charge is 0.489 e. The number of halogens is 2. The molecule has 1 saturated carbocycles. The van der Waals surface area contributed by atoms with Gasteiger partial charge in [-0.25, -0.2) is 0 Å². The Morgan fingerprint density at radius 1 is 0.875 bits per heavy atom. The van der Waals surface area contributed by atoms with Crippen LogP contribution in [0.25, 0.3) is 11.1 Å². The van der Waals surface area contributed by atoms with E-state index in [9.17, 15) is 14.4 Å². The lowest BCUT2D eigenvalue weighted by Gasteiger charge is -2.40. The average Bonchev–Trinajstić information content (AvgIpc) is 3.19. The monoisotopic (exact) mass is 784 g/mol. The van der Waals surface area contributed by atoms with Crippen LogP contribution < -0.4 is 20.1 Å². The number of benzene rings is 5. The van der Waals surface area contributed by atoms with E-state index in [2.05, 4.69) is 16.7 Å². The van der Waals surface area contributed by atoms with Crippen molar-refractivity contribution in [1.82, 2.24) is 10.2 Å². The van der Waals surface area contributed by atoms with E-state index < -0.39 is 12.1 Å². The van der Waals surface area contributed by atoms with Crippen LogP contribution in [0.1, 0.15) is 58.7 Å². The first-order chi connectivity index (χ1) is 27.2. The van der Waals surface area contributed by atoms with E-state index in [0.717, 1.165) is 52.6 Å². The second-order valence-corrected chi connectivity index (χ2v) is 15.3. The summed E-state index contributed by atoms with van der Waals surface area (Å²) < 4.78 is 12.2. The Labute approximate surface area is 335 Å². The SMILES string of the molecule is N#Cc1ccc(-c2ccc(CCNC(=O)C3Cc4cc5c(cc4CN3C(=O)C3CCC3)OC(c3ccc(OCc4ccc(Cl)c(Cl)c4)cc3)C(=O)N5)cc2)cc1. The summed E-state index contributed by atoms with van der Waals surface area (Å²) in [5, 5.41) is 16.1. The zero-order chi connectivity index (χ0) is 38.8. The maximum absolute atomic E-state index is 13.8. The molecule has 0 saturated heterocycles. The van der Waals surface area contributed by atoms with E-state index in [0.29, 0.717) is 64.4 Å². The van der Waals surface area contributed by atoms with Crippen molar-refractivity contribution >= 4 is 46.6 Å². The van der Waals surface area contributed by atoms with Crippen LogP contribution in [-0.2, 0) is 40.4 Å². The highest BCUT2D eigenvalue weighted by Gasteiger charge is 2.40. The number of anilines is 1. The van der Waals surface area contributed by atoms with Crippen LogP contribution in [0.15, 0.2) is 103 Å². The molecule has 2 unspecified atom stereocenters. The van der Waals surface area contributed by atoms with Gasteiger partial charge in [0.1, 0.15) is 24.1 Å². The van der Waals surface area contributed by atoms with Gasteiger partial charge in [-0.3, -0.25) is 14.4 Å². The van der Waals surface area contributed by atoms with Gasteiger partial charge >= 0.3 is 0 Å². The van der Waals surface area contributed by atoms with Gasteiger partial charge in [0.15, 0.2) is 0 Å². The molecule has 0 aromatic heterocycles. The normalized spacial score (nSPS) is 17.3. The first kappa shape index (κ1) is 37.1. The molecule has 2 aliphatic heterocycles. The quantitative estimate of drug-likeness (QED) is 0.146. The highest BCUT2D eigenvalue weighted by Crippen LogP contribution is 2.41. The molecule has 0 bridgehead atoms. The van der Waals surface area contributed by atoms with Crippen molar-refractivity contribution in [2.24, 2.45) is 5.92 Å². The van der Waals surface area contributed by atoms with Crippen LogP contribution in [0.2, 0.25) is 10.0 Å². The predicted molar refractivity (Wildman–Crippen MR) is 214 cm³/mol. The van der Waals surface area contributed by atoms with E-state index in [-0.39, 0.29) is 30.2 Å². The lowest BCUT2D eigenvalue weighted by Crippen LogP contribution is -2.54. The van der Waals surface area contributed by atoms with Crippen molar-refractivity contribution in [2.75, 3.05) is 11.9 Å². The van der Waals surface area contributed by atoms with Crippen molar-refractivity contribution in [3.8, 4) is 28.7 Å². The first-order valence-electron chi connectivity index (χ1n) is 18.7. The fourth-order valence-electron chi connectivity index (χ4n) is 7.35. The molecular formula is C45H38Cl2N4O5. The number of hydrogen-bond donors (Lipinski definition) is 2. The molecule has 8 rings (SSSR count). The fourth-order valence-corrected chi connectivity index (χ4v) is 7.67. The van der Waals surface area contributed by atoms with Gasteiger partial charge in [0.2, 0.25) is 17.9 Å². The lowest BCUT2D eigenvalue weighted by molar-refractivity contribution is -0.147. The van der Waals surface area contributed by atoms with Crippen molar-refractivity contribution in [1.29, 1.82) is 5.26 Å². The number of nitrogens with zero attached hydrogens (tertiary/aromatic N) is 2. The maximum atomic E-state index is 13.8. The molecule has 56 heavy (non-hydrogen) atoms. The minimum absolute atomic E-state index is 0.00623. The Hall–Kier alpha value is -5.82. The van der Waals surface area contributed by atoms with Gasteiger partial charge in [-0.1, -0.05) is 84.2 Å². The molecule has 3 aliphatic rings. The molecule has 0 radical (unpaired) electrons. The molecule has 2 atom stereocenters. The highest BCUT2D eigenvalue weighted by molar-refractivity contribution is 6.42. The minimum atomic E-state index is -0.883. The van der Waals surface area contributed by atoms with E-state index in [1.54, 1.807) is 53.4 Å². The molecule has 1 fully saturated rings.